The summed E-state index contributed by atoms with van der Waals surface area (Å²) in [6, 6.07) is 5.10. The zero-order valence-corrected chi connectivity index (χ0v) is 10.5. The summed E-state index contributed by atoms with van der Waals surface area (Å²) in [5, 5.41) is 2.93. The van der Waals surface area contributed by atoms with Crippen LogP contribution < -0.4 is 10.2 Å². The molecule has 0 atom stereocenters. The first-order valence-corrected chi connectivity index (χ1v) is 6.50. The van der Waals surface area contributed by atoms with Crippen molar-refractivity contribution in [1.29, 1.82) is 0 Å². The number of carbonyl (C=O) groups excluding carboxylic acids is 2. The number of halogens is 1. The average molecular weight is 262 g/mol. The summed E-state index contributed by atoms with van der Waals surface area (Å²) in [5.41, 5.74) is -0.0757. The average Bonchev–Trinajstić information content (AvgIpc) is 2.76. The Labute approximate surface area is 110 Å². The molecule has 1 spiro atoms. The minimum absolute atomic E-state index is 0.253. The van der Waals surface area contributed by atoms with Gasteiger partial charge in [-0.05, 0) is 31.0 Å². The molecule has 3 rings (SSSR count). The van der Waals surface area contributed by atoms with E-state index in [1.165, 1.54) is 18.2 Å². The molecule has 19 heavy (non-hydrogen) atoms. The molecule has 2 fully saturated rings. The summed E-state index contributed by atoms with van der Waals surface area (Å²) in [7, 11) is 0. The fraction of sp³-hybridized carbons (Fsp3) is 0.429. The Morgan fingerprint density at radius 2 is 1.95 bits per heavy atom. The number of benzene rings is 1. The van der Waals surface area contributed by atoms with Gasteiger partial charge in [0.15, 0.2) is 0 Å². The molecule has 1 aliphatic heterocycles. The van der Waals surface area contributed by atoms with Gasteiger partial charge < -0.3 is 5.32 Å². The third kappa shape index (κ3) is 2.09. The van der Waals surface area contributed by atoms with Gasteiger partial charge in [0, 0.05) is 0 Å². The van der Waals surface area contributed by atoms with Crippen LogP contribution in [-0.4, -0.2) is 17.5 Å². The number of hydrogen-bond donors (Lipinski definition) is 1. The maximum Gasteiger partial charge on any atom is 0.329 e. The molecule has 100 valence electrons. The molecule has 1 aromatic carbocycles. The Morgan fingerprint density at radius 3 is 2.58 bits per heavy atom. The normalized spacial score (nSPS) is 21.8. The van der Waals surface area contributed by atoms with Crippen LogP contribution in [0.4, 0.5) is 14.9 Å². The van der Waals surface area contributed by atoms with Crippen LogP contribution in [0.5, 0.6) is 0 Å². The van der Waals surface area contributed by atoms with Crippen LogP contribution in [0.2, 0.25) is 0 Å². The van der Waals surface area contributed by atoms with Gasteiger partial charge in [-0.25, -0.2) is 14.1 Å². The van der Waals surface area contributed by atoms with Gasteiger partial charge in [0.2, 0.25) is 5.91 Å². The fourth-order valence-electron chi connectivity index (χ4n) is 3.04. The van der Waals surface area contributed by atoms with Crippen molar-refractivity contribution in [2.24, 2.45) is 0 Å². The maximum absolute atomic E-state index is 13.2. The summed E-state index contributed by atoms with van der Waals surface area (Å²) in [5.74, 6) is -0.712. The topological polar surface area (TPSA) is 49.4 Å². The Balaban J connectivity index is 1.88. The Morgan fingerprint density at radius 1 is 1.21 bits per heavy atom. The van der Waals surface area contributed by atoms with Crippen LogP contribution in [0.15, 0.2) is 24.3 Å². The molecule has 1 saturated heterocycles. The van der Waals surface area contributed by atoms with E-state index in [1.807, 2.05) is 0 Å². The van der Waals surface area contributed by atoms with Crippen LogP contribution in [0.1, 0.15) is 32.1 Å². The Kier molecular flexibility index (Phi) is 2.77. The second kappa shape index (κ2) is 4.33. The lowest BCUT2D eigenvalue weighted by atomic mass is 9.90. The molecular weight excluding hydrogens is 247 g/mol. The van der Waals surface area contributed by atoms with Gasteiger partial charge in [0.1, 0.15) is 5.82 Å². The van der Waals surface area contributed by atoms with Crippen molar-refractivity contribution >= 4 is 17.6 Å². The number of carbonyl (C=O) groups is 2. The number of nitrogens with one attached hydrogen (secondary N) is 1. The second-order valence-electron chi connectivity index (χ2n) is 5.30. The molecule has 0 aromatic heterocycles. The van der Waals surface area contributed by atoms with Crippen LogP contribution in [0, 0.1) is 5.82 Å². The number of anilines is 1. The Bertz CT molecular complexity index is 518. The lowest BCUT2D eigenvalue weighted by Gasteiger charge is -2.38. The molecule has 0 unspecified atom stereocenters. The zero-order chi connectivity index (χ0) is 13.5. The zero-order valence-electron chi connectivity index (χ0n) is 10.5. The van der Waals surface area contributed by atoms with Crippen LogP contribution in [0.25, 0.3) is 0 Å². The van der Waals surface area contributed by atoms with Crippen molar-refractivity contribution in [3.05, 3.63) is 30.1 Å². The molecule has 0 radical (unpaired) electrons. The predicted octanol–water partition coefficient (Wildman–Crippen LogP) is 2.58. The summed E-state index contributed by atoms with van der Waals surface area (Å²) in [6.45, 7) is 0. The highest BCUT2D eigenvalue weighted by atomic mass is 19.1. The summed E-state index contributed by atoms with van der Waals surface area (Å²) in [6.07, 6.45) is 4.07. The maximum atomic E-state index is 13.2. The van der Waals surface area contributed by atoms with Gasteiger partial charge in [-0.3, -0.25) is 4.79 Å². The molecular formula is C14H15FN2O2. The summed E-state index contributed by atoms with van der Waals surface area (Å²) >= 11 is 0. The van der Waals surface area contributed by atoms with E-state index in [0.29, 0.717) is 6.42 Å². The highest BCUT2D eigenvalue weighted by molar-refractivity contribution is 6.16. The molecule has 1 saturated carbocycles. The Hall–Kier alpha value is -1.91. The number of imide groups is 1. The first kappa shape index (κ1) is 12.1. The van der Waals surface area contributed by atoms with E-state index in [1.54, 1.807) is 6.07 Å². The minimum atomic E-state index is -0.459. The van der Waals surface area contributed by atoms with Gasteiger partial charge in [0.25, 0.3) is 0 Å². The predicted molar refractivity (Wildman–Crippen MR) is 68.2 cm³/mol. The standard InChI is InChI=1S/C14H15FN2O2/c15-10-4-3-5-11(8-10)17-12(18)9-14(16-13(17)19)6-1-2-7-14/h3-5,8H,1-2,6-7,9H2,(H,16,19). The largest absolute Gasteiger partial charge is 0.331 e. The van der Waals surface area contributed by atoms with Gasteiger partial charge in [-0.1, -0.05) is 18.9 Å². The van der Waals surface area contributed by atoms with Crippen molar-refractivity contribution in [2.45, 2.75) is 37.6 Å². The number of hydrogen-bond acceptors (Lipinski definition) is 2. The minimum Gasteiger partial charge on any atom is -0.331 e. The SMILES string of the molecule is O=C1CC2(CCCC2)NC(=O)N1c1cccc(F)c1. The summed E-state index contributed by atoms with van der Waals surface area (Å²) in [4.78, 5) is 25.4. The van der Waals surface area contributed by atoms with E-state index < -0.39 is 11.8 Å². The molecule has 0 bridgehead atoms. The van der Waals surface area contributed by atoms with Gasteiger partial charge in [-0.2, -0.15) is 0 Å². The number of nitrogens with zero attached hydrogens (tertiary/aromatic N) is 1. The first-order chi connectivity index (χ1) is 9.10. The van der Waals surface area contributed by atoms with Gasteiger partial charge in [-0.15, -0.1) is 0 Å². The lowest BCUT2D eigenvalue weighted by molar-refractivity contribution is -0.120. The molecule has 1 heterocycles. The van der Waals surface area contributed by atoms with Crippen molar-refractivity contribution in [3.63, 3.8) is 0 Å². The highest BCUT2D eigenvalue weighted by Crippen LogP contribution is 2.36. The highest BCUT2D eigenvalue weighted by Gasteiger charge is 2.45. The molecule has 1 aliphatic carbocycles. The number of rotatable bonds is 1. The fourth-order valence-corrected chi connectivity index (χ4v) is 3.04. The van der Waals surface area contributed by atoms with E-state index in [0.717, 1.165) is 30.6 Å². The quantitative estimate of drug-likeness (QED) is 0.845. The number of amides is 3. The van der Waals surface area contributed by atoms with Crippen molar-refractivity contribution in [1.82, 2.24) is 5.32 Å². The third-order valence-electron chi connectivity index (χ3n) is 3.94. The van der Waals surface area contributed by atoms with E-state index in [4.69, 9.17) is 0 Å². The molecule has 1 aromatic rings. The van der Waals surface area contributed by atoms with Crippen molar-refractivity contribution in [3.8, 4) is 0 Å². The second-order valence-corrected chi connectivity index (χ2v) is 5.30. The molecule has 5 heteroatoms. The van der Waals surface area contributed by atoms with E-state index in [9.17, 15) is 14.0 Å². The van der Waals surface area contributed by atoms with Crippen LogP contribution in [-0.2, 0) is 4.79 Å². The van der Waals surface area contributed by atoms with Crippen molar-refractivity contribution in [2.75, 3.05) is 4.90 Å². The lowest BCUT2D eigenvalue weighted by Crippen LogP contribution is -2.61. The molecule has 3 amide bonds. The van der Waals surface area contributed by atoms with Crippen LogP contribution >= 0.6 is 0 Å². The van der Waals surface area contributed by atoms with Gasteiger partial charge >= 0.3 is 6.03 Å². The molecule has 4 nitrogen and oxygen atoms in total. The van der Waals surface area contributed by atoms with E-state index >= 15 is 0 Å². The smallest absolute Gasteiger partial charge is 0.329 e. The summed E-state index contributed by atoms with van der Waals surface area (Å²) < 4.78 is 13.2. The van der Waals surface area contributed by atoms with E-state index in [2.05, 4.69) is 5.32 Å². The van der Waals surface area contributed by atoms with E-state index in [-0.39, 0.29) is 17.1 Å². The first-order valence-electron chi connectivity index (χ1n) is 6.50. The number of urea groups is 1. The van der Waals surface area contributed by atoms with Gasteiger partial charge in [0.05, 0.1) is 17.6 Å². The monoisotopic (exact) mass is 262 g/mol. The molecule has 1 N–H and O–H groups in total. The van der Waals surface area contributed by atoms with Crippen molar-refractivity contribution < 1.29 is 14.0 Å². The third-order valence-corrected chi connectivity index (χ3v) is 3.94. The molecule has 2 aliphatic rings. The van der Waals surface area contributed by atoms with Crippen LogP contribution in [0.3, 0.4) is 0 Å².